The third-order valence-electron chi connectivity index (χ3n) is 4.60. The summed E-state index contributed by atoms with van der Waals surface area (Å²) in [7, 11) is 1.82. The average molecular weight is 407 g/mol. The highest BCUT2D eigenvalue weighted by Gasteiger charge is 2.44. The van der Waals surface area contributed by atoms with E-state index in [0.29, 0.717) is 17.0 Å². The Hall–Kier alpha value is -2.50. The van der Waals surface area contributed by atoms with Gasteiger partial charge in [-0.3, -0.25) is 15.0 Å². The van der Waals surface area contributed by atoms with Crippen LogP contribution in [0.5, 0.6) is 0 Å². The van der Waals surface area contributed by atoms with Gasteiger partial charge in [-0.15, -0.1) is 0 Å². The number of aromatic nitrogens is 4. The fraction of sp³-hybridized carbons (Fsp3) is 0.353. The summed E-state index contributed by atoms with van der Waals surface area (Å²) in [6.07, 6.45) is -2.94. The van der Waals surface area contributed by atoms with Crippen molar-refractivity contribution < 1.29 is 20.1 Å². The molecule has 1 aromatic carbocycles. The van der Waals surface area contributed by atoms with Gasteiger partial charge in [0, 0.05) is 7.05 Å². The fourth-order valence-electron chi connectivity index (χ4n) is 3.14. The van der Waals surface area contributed by atoms with Crippen LogP contribution in [0, 0.1) is 0 Å². The molecular weight excluding hydrogens is 388 g/mol. The number of aliphatic hydroxyl groups is 3. The monoisotopic (exact) mass is 406 g/mol. The van der Waals surface area contributed by atoms with Gasteiger partial charge in [0.05, 0.1) is 18.6 Å². The standard InChI is InChI=1S/C17H19ClN6O4/c1-23(9-5-3-2-4-6-9)22-14-11-15(21-17(18)20-14)24(8-19-11)16-13(27)12(26)10(7-25)28-16/h2-6,8,10,12-13,16,25-27H,7H2,1H3,(H,20,21,22). The molecule has 2 aromatic heterocycles. The number of benzene rings is 1. The second-order valence-corrected chi connectivity index (χ2v) is 6.74. The second kappa shape index (κ2) is 7.49. The van der Waals surface area contributed by atoms with E-state index in [1.54, 1.807) is 5.01 Å². The third kappa shape index (κ3) is 3.25. The van der Waals surface area contributed by atoms with Crippen LogP contribution in [0.4, 0.5) is 11.5 Å². The Bertz CT molecular complexity index is 971. The zero-order valence-electron chi connectivity index (χ0n) is 14.8. The normalized spacial score (nSPS) is 24.6. The van der Waals surface area contributed by atoms with E-state index in [1.807, 2.05) is 37.4 Å². The highest BCUT2D eigenvalue weighted by Crippen LogP contribution is 2.32. The van der Waals surface area contributed by atoms with Crippen LogP contribution in [-0.2, 0) is 4.74 Å². The van der Waals surface area contributed by atoms with Crippen LogP contribution >= 0.6 is 11.6 Å². The molecule has 4 atom stereocenters. The Labute approximate surface area is 165 Å². The Morgan fingerprint density at radius 1 is 1.21 bits per heavy atom. The van der Waals surface area contributed by atoms with Gasteiger partial charge >= 0.3 is 0 Å². The molecule has 1 aliphatic heterocycles. The number of hydrazine groups is 1. The number of imidazole rings is 1. The lowest BCUT2D eigenvalue weighted by Crippen LogP contribution is -2.33. The van der Waals surface area contributed by atoms with E-state index >= 15 is 0 Å². The molecule has 148 valence electrons. The van der Waals surface area contributed by atoms with Crippen molar-refractivity contribution in [2.24, 2.45) is 0 Å². The molecule has 0 radical (unpaired) electrons. The van der Waals surface area contributed by atoms with Gasteiger partial charge in [0.1, 0.15) is 18.3 Å². The molecule has 4 N–H and O–H groups in total. The fourth-order valence-corrected chi connectivity index (χ4v) is 3.30. The maximum atomic E-state index is 10.3. The number of hydrogen-bond acceptors (Lipinski definition) is 9. The summed E-state index contributed by atoms with van der Waals surface area (Å²) in [6.45, 7) is -0.425. The van der Waals surface area contributed by atoms with Gasteiger partial charge in [0.15, 0.2) is 23.2 Å². The van der Waals surface area contributed by atoms with E-state index in [-0.39, 0.29) is 5.28 Å². The van der Waals surface area contributed by atoms with E-state index in [4.69, 9.17) is 16.3 Å². The largest absolute Gasteiger partial charge is 0.394 e. The molecule has 28 heavy (non-hydrogen) atoms. The lowest BCUT2D eigenvalue weighted by atomic mass is 10.1. The molecule has 1 saturated heterocycles. The molecule has 0 spiro atoms. The highest BCUT2D eigenvalue weighted by atomic mass is 35.5. The average Bonchev–Trinajstić information content (AvgIpc) is 3.23. The minimum absolute atomic E-state index is 0.0232. The smallest absolute Gasteiger partial charge is 0.226 e. The van der Waals surface area contributed by atoms with E-state index in [2.05, 4.69) is 20.4 Å². The summed E-state index contributed by atoms with van der Waals surface area (Å²) in [5.74, 6) is 0.367. The van der Waals surface area contributed by atoms with Gasteiger partial charge in [-0.1, -0.05) is 18.2 Å². The Kier molecular flexibility index (Phi) is 5.04. The quantitative estimate of drug-likeness (QED) is 0.354. The van der Waals surface area contributed by atoms with Crippen molar-refractivity contribution in [2.75, 3.05) is 24.1 Å². The van der Waals surface area contributed by atoms with Crippen LogP contribution in [0.25, 0.3) is 11.2 Å². The number of hydrogen-bond donors (Lipinski definition) is 4. The topological polar surface area (TPSA) is 129 Å². The van der Waals surface area contributed by atoms with Crippen molar-refractivity contribution in [2.45, 2.75) is 24.5 Å². The summed E-state index contributed by atoms with van der Waals surface area (Å²) in [5, 5.41) is 31.3. The second-order valence-electron chi connectivity index (χ2n) is 6.40. The van der Waals surface area contributed by atoms with Crippen LogP contribution < -0.4 is 10.4 Å². The number of rotatable bonds is 5. The van der Waals surface area contributed by atoms with E-state index in [9.17, 15) is 15.3 Å². The Balaban J connectivity index is 1.69. The molecule has 0 saturated carbocycles. The summed E-state index contributed by atoms with van der Waals surface area (Å²) >= 11 is 6.10. The van der Waals surface area contributed by atoms with Crippen LogP contribution in [0.3, 0.4) is 0 Å². The third-order valence-corrected chi connectivity index (χ3v) is 4.77. The first-order valence-corrected chi connectivity index (χ1v) is 8.95. The van der Waals surface area contributed by atoms with Crippen molar-refractivity contribution in [3.8, 4) is 0 Å². The summed E-state index contributed by atoms with van der Waals surface area (Å²) in [6, 6.07) is 9.58. The maximum Gasteiger partial charge on any atom is 0.226 e. The van der Waals surface area contributed by atoms with Crippen LogP contribution in [0.1, 0.15) is 6.23 Å². The van der Waals surface area contributed by atoms with Crippen LogP contribution in [0.2, 0.25) is 5.28 Å². The predicted octanol–water partition coefficient (Wildman–Crippen LogP) is 0.554. The Morgan fingerprint density at radius 2 is 1.96 bits per heavy atom. The Morgan fingerprint density at radius 3 is 2.64 bits per heavy atom. The summed E-state index contributed by atoms with van der Waals surface area (Å²) in [4.78, 5) is 12.7. The summed E-state index contributed by atoms with van der Waals surface area (Å²) < 4.78 is 7.01. The highest BCUT2D eigenvalue weighted by molar-refractivity contribution is 6.28. The lowest BCUT2D eigenvalue weighted by Gasteiger charge is -2.21. The van der Waals surface area contributed by atoms with Gasteiger partial charge in [0.2, 0.25) is 5.28 Å². The van der Waals surface area contributed by atoms with Gasteiger partial charge in [-0.05, 0) is 23.7 Å². The first-order chi connectivity index (χ1) is 13.5. The van der Waals surface area contributed by atoms with Crippen LogP contribution in [0.15, 0.2) is 36.7 Å². The van der Waals surface area contributed by atoms with Gasteiger partial charge < -0.3 is 20.1 Å². The predicted molar refractivity (Wildman–Crippen MR) is 102 cm³/mol. The molecule has 1 aliphatic rings. The van der Waals surface area contributed by atoms with Crippen molar-refractivity contribution in [3.63, 3.8) is 0 Å². The molecule has 4 unspecified atom stereocenters. The first-order valence-electron chi connectivity index (χ1n) is 8.57. The molecule has 0 aliphatic carbocycles. The van der Waals surface area contributed by atoms with Gasteiger partial charge in [-0.2, -0.15) is 9.97 Å². The van der Waals surface area contributed by atoms with E-state index < -0.39 is 31.1 Å². The number of aliphatic hydroxyl groups excluding tert-OH is 3. The van der Waals surface area contributed by atoms with Crippen molar-refractivity contribution >= 4 is 34.3 Å². The van der Waals surface area contributed by atoms with Crippen molar-refractivity contribution in [1.82, 2.24) is 19.5 Å². The summed E-state index contributed by atoms with van der Waals surface area (Å²) in [5.41, 5.74) is 4.74. The zero-order chi connectivity index (χ0) is 19.8. The minimum atomic E-state index is -1.26. The van der Waals surface area contributed by atoms with Crippen molar-refractivity contribution in [1.29, 1.82) is 0 Å². The molecule has 0 amide bonds. The van der Waals surface area contributed by atoms with Gasteiger partial charge in [0.25, 0.3) is 0 Å². The van der Waals surface area contributed by atoms with E-state index in [0.717, 1.165) is 5.69 Å². The maximum absolute atomic E-state index is 10.3. The van der Waals surface area contributed by atoms with E-state index in [1.165, 1.54) is 10.9 Å². The minimum Gasteiger partial charge on any atom is -0.394 e. The molecule has 3 heterocycles. The molecule has 11 heteroatoms. The molecule has 3 aromatic rings. The number of nitrogens with one attached hydrogen (secondary N) is 1. The van der Waals surface area contributed by atoms with Crippen molar-refractivity contribution in [3.05, 3.63) is 41.9 Å². The zero-order valence-corrected chi connectivity index (χ0v) is 15.6. The molecule has 4 rings (SSSR count). The number of para-hydroxylation sites is 1. The molecule has 1 fully saturated rings. The number of ether oxygens (including phenoxy) is 1. The number of anilines is 2. The molecule has 10 nitrogen and oxygen atoms in total. The number of halogens is 1. The SMILES string of the molecule is CN(Nc1nc(Cl)nc2c1ncn2C1OC(CO)C(O)C1O)c1ccccc1. The van der Waals surface area contributed by atoms with Gasteiger partial charge in [-0.25, -0.2) is 4.98 Å². The number of nitrogens with zero attached hydrogens (tertiary/aromatic N) is 5. The molecule has 0 bridgehead atoms. The molecular formula is C17H19ClN6O4. The first kappa shape index (κ1) is 18.8. The lowest BCUT2D eigenvalue weighted by molar-refractivity contribution is -0.0511. The number of fused-ring (bicyclic) bond motifs is 1. The van der Waals surface area contributed by atoms with Crippen LogP contribution in [-0.4, -0.2) is 66.8 Å².